The molecule has 5 heteroatoms. The number of rotatable bonds is 3. The van der Waals surface area contributed by atoms with Crippen molar-refractivity contribution >= 4 is 34.6 Å². The van der Waals surface area contributed by atoms with Gasteiger partial charge in [-0.2, -0.15) is 0 Å². The molecule has 2 aromatic rings. The summed E-state index contributed by atoms with van der Waals surface area (Å²) in [5.41, 5.74) is 4.86. The summed E-state index contributed by atoms with van der Waals surface area (Å²) in [6.07, 6.45) is 0. The molecule has 0 spiro atoms. The first kappa shape index (κ1) is 18.2. The smallest absolute Gasteiger partial charge is 0.173 e. The second-order valence-corrected chi connectivity index (χ2v) is 7.46. The Morgan fingerprint density at radius 1 is 1.04 bits per heavy atom. The van der Waals surface area contributed by atoms with Crippen LogP contribution in [0.4, 0.5) is 5.69 Å². The number of benzene rings is 2. The summed E-state index contributed by atoms with van der Waals surface area (Å²) in [6, 6.07) is 14.5. The van der Waals surface area contributed by atoms with E-state index in [1.165, 1.54) is 16.7 Å². The second kappa shape index (κ2) is 8.17. The van der Waals surface area contributed by atoms with E-state index in [9.17, 15) is 0 Å². The van der Waals surface area contributed by atoms with E-state index in [-0.39, 0.29) is 0 Å². The predicted octanol–water partition coefficient (Wildman–Crippen LogP) is 4.47. The molecule has 1 heterocycles. The summed E-state index contributed by atoms with van der Waals surface area (Å²) in [4.78, 5) is 4.72. The molecule has 0 amide bonds. The van der Waals surface area contributed by atoms with Crippen molar-refractivity contribution in [2.24, 2.45) is 0 Å². The molecule has 0 atom stereocenters. The van der Waals surface area contributed by atoms with Crippen LogP contribution in [0.15, 0.2) is 42.5 Å². The third-order valence-corrected chi connectivity index (χ3v) is 5.23. The average Bonchev–Trinajstić information content (AvgIpc) is 2.61. The van der Waals surface area contributed by atoms with Gasteiger partial charge in [0.25, 0.3) is 0 Å². The molecule has 3 rings (SSSR count). The topological polar surface area (TPSA) is 18.5 Å². The van der Waals surface area contributed by atoms with Crippen molar-refractivity contribution in [1.29, 1.82) is 0 Å². The molecule has 1 fully saturated rings. The monoisotopic (exact) mass is 373 g/mol. The van der Waals surface area contributed by atoms with Crippen LogP contribution in [0.25, 0.3) is 0 Å². The van der Waals surface area contributed by atoms with Gasteiger partial charge in [0.15, 0.2) is 5.11 Å². The van der Waals surface area contributed by atoms with Gasteiger partial charge in [0.05, 0.1) is 0 Å². The predicted molar refractivity (Wildman–Crippen MR) is 110 cm³/mol. The Morgan fingerprint density at radius 2 is 1.72 bits per heavy atom. The summed E-state index contributed by atoms with van der Waals surface area (Å²) in [5, 5.41) is 5.02. The van der Waals surface area contributed by atoms with Crippen LogP contribution in [0.3, 0.4) is 0 Å². The van der Waals surface area contributed by atoms with E-state index in [4.69, 9.17) is 23.8 Å². The van der Waals surface area contributed by atoms with Crippen molar-refractivity contribution in [3.8, 4) is 0 Å². The van der Waals surface area contributed by atoms with Crippen molar-refractivity contribution in [2.75, 3.05) is 31.5 Å². The number of halogens is 1. The van der Waals surface area contributed by atoms with Crippen LogP contribution in [0.1, 0.15) is 16.7 Å². The van der Waals surface area contributed by atoms with Crippen molar-refractivity contribution in [3.63, 3.8) is 0 Å². The van der Waals surface area contributed by atoms with Gasteiger partial charge in [-0.05, 0) is 61.0 Å². The Morgan fingerprint density at radius 3 is 2.40 bits per heavy atom. The van der Waals surface area contributed by atoms with E-state index < -0.39 is 0 Å². The third kappa shape index (κ3) is 4.94. The van der Waals surface area contributed by atoms with Gasteiger partial charge in [0.2, 0.25) is 0 Å². The van der Waals surface area contributed by atoms with Gasteiger partial charge >= 0.3 is 0 Å². The number of aryl methyl sites for hydroxylation is 2. The van der Waals surface area contributed by atoms with Gasteiger partial charge in [-0.1, -0.05) is 35.9 Å². The minimum Gasteiger partial charge on any atom is -0.346 e. The quantitative estimate of drug-likeness (QED) is 0.799. The fraction of sp³-hybridized carbons (Fsp3) is 0.350. The highest BCUT2D eigenvalue weighted by Crippen LogP contribution is 2.18. The minimum absolute atomic E-state index is 0.788. The highest BCUT2D eigenvalue weighted by atomic mass is 35.5. The van der Waals surface area contributed by atoms with E-state index in [1.54, 1.807) is 0 Å². The van der Waals surface area contributed by atoms with Crippen LogP contribution >= 0.6 is 23.8 Å². The molecule has 0 bridgehead atoms. The molecular formula is C20H24ClN3S. The fourth-order valence-corrected chi connectivity index (χ4v) is 3.44. The SMILES string of the molecule is Cc1ccc(C)c(NC(=S)N2CCN(Cc3ccc(Cl)cc3)CC2)c1. The van der Waals surface area contributed by atoms with Crippen LogP contribution in [0.5, 0.6) is 0 Å². The molecule has 3 nitrogen and oxygen atoms in total. The van der Waals surface area contributed by atoms with Crippen molar-refractivity contribution in [1.82, 2.24) is 9.80 Å². The molecule has 1 N–H and O–H groups in total. The van der Waals surface area contributed by atoms with Crippen molar-refractivity contribution in [3.05, 3.63) is 64.2 Å². The Balaban J connectivity index is 1.52. The first-order valence-electron chi connectivity index (χ1n) is 8.61. The number of hydrogen-bond donors (Lipinski definition) is 1. The molecular weight excluding hydrogens is 350 g/mol. The molecule has 0 aromatic heterocycles. The number of nitrogens with one attached hydrogen (secondary N) is 1. The number of nitrogens with zero attached hydrogens (tertiary/aromatic N) is 2. The number of anilines is 1. The van der Waals surface area contributed by atoms with Crippen LogP contribution < -0.4 is 5.32 Å². The van der Waals surface area contributed by atoms with Crippen LogP contribution in [0, 0.1) is 13.8 Å². The molecule has 1 aliphatic rings. The van der Waals surface area contributed by atoms with Crippen molar-refractivity contribution < 1.29 is 0 Å². The number of hydrogen-bond acceptors (Lipinski definition) is 2. The summed E-state index contributed by atoms with van der Waals surface area (Å²) in [7, 11) is 0. The first-order valence-corrected chi connectivity index (χ1v) is 9.40. The van der Waals surface area contributed by atoms with E-state index >= 15 is 0 Å². The maximum atomic E-state index is 5.95. The lowest BCUT2D eigenvalue weighted by Crippen LogP contribution is -2.49. The molecule has 0 aliphatic carbocycles. The van der Waals surface area contributed by atoms with E-state index in [0.717, 1.165) is 48.5 Å². The summed E-state index contributed by atoms with van der Waals surface area (Å²) >= 11 is 11.6. The largest absolute Gasteiger partial charge is 0.346 e. The normalized spacial score (nSPS) is 15.2. The minimum atomic E-state index is 0.788. The van der Waals surface area contributed by atoms with E-state index in [0.29, 0.717) is 0 Å². The summed E-state index contributed by atoms with van der Waals surface area (Å²) in [5.74, 6) is 0. The molecule has 2 aromatic carbocycles. The molecule has 1 aliphatic heterocycles. The number of thiocarbonyl (C=S) groups is 1. The highest BCUT2D eigenvalue weighted by Gasteiger charge is 2.19. The molecule has 1 saturated heterocycles. The average molecular weight is 374 g/mol. The van der Waals surface area contributed by atoms with Crippen LogP contribution in [0.2, 0.25) is 5.02 Å². The van der Waals surface area contributed by atoms with E-state index in [2.05, 4.69) is 59.3 Å². The first-order chi connectivity index (χ1) is 12.0. The lowest BCUT2D eigenvalue weighted by molar-refractivity contribution is 0.177. The van der Waals surface area contributed by atoms with Gasteiger partial charge < -0.3 is 10.2 Å². The molecule has 0 radical (unpaired) electrons. The van der Waals surface area contributed by atoms with Gasteiger partial charge in [-0.15, -0.1) is 0 Å². The Bertz CT molecular complexity index is 737. The maximum absolute atomic E-state index is 5.95. The van der Waals surface area contributed by atoms with E-state index in [1.807, 2.05) is 12.1 Å². The lowest BCUT2D eigenvalue weighted by atomic mass is 10.1. The fourth-order valence-electron chi connectivity index (χ4n) is 3.02. The second-order valence-electron chi connectivity index (χ2n) is 6.64. The Hall–Kier alpha value is -1.62. The number of piperazine rings is 1. The molecule has 0 saturated carbocycles. The van der Waals surface area contributed by atoms with Gasteiger partial charge in [-0.3, -0.25) is 4.90 Å². The highest BCUT2D eigenvalue weighted by molar-refractivity contribution is 7.80. The molecule has 25 heavy (non-hydrogen) atoms. The summed E-state index contributed by atoms with van der Waals surface area (Å²) < 4.78 is 0. The van der Waals surface area contributed by atoms with Crippen LogP contribution in [-0.4, -0.2) is 41.1 Å². The zero-order chi connectivity index (χ0) is 17.8. The van der Waals surface area contributed by atoms with Crippen molar-refractivity contribution in [2.45, 2.75) is 20.4 Å². The summed E-state index contributed by atoms with van der Waals surface area (Å²) in [6.45, 7) is 9.09. The van der Waals surface area contributed by atoms with Gasteiger partial charge in [-0.25, -0.2) is 0 Å². The van der Waals surface area contributed by atoms with Crippen LogP contribution in [-0.2, 0) is 6.54 Å². The van der Waals surface area contributed by atoms with Gasteiger partial charge in [0, 0.05) is 43.4 Å². The Kier molecular flexibility index (Phi) is 5.94. The molecule has 132 valence electrons. The lowest BCUT2D eigenvalue weighted by Gasteiger charge is -2.36. The maximum Gasteiger partial charge on any atom is 0.173 e. The third-order valence-electron chi connectivity index (χ3n) is 4.61. The zero-order valence-corrected chi connectivity index (χ0v) is 16.3. The van der Waals surface area contributed by atoms with Gasteiger partial charge in [0.1, 0.15) is 0 Å². The zero-order valence-electron chi connectivity index (χ0n) is 14.8. The Labute approximate surface area is 160 Å². The molecule has 0 unspecified atom stereocenters. The standard InChI is InChI=1S/C20H24ClN3S/c1-15-3-4-16(2)19(13-15)22-20(25)24-11-9-23(10-12-24)14-17-5-7-18(21)8-6-17/h3-8,13H,9-12,14H2,1-2H3,(H,22,25).